The Morgan fingerprint density at radius 3 is 0.818 bits per heavy atom. The predicted molar refractivity (Wildman–Crippen MR) is 464 cm³/mol. The first-order chi connectivity index (χ1) is 38.1. The minimum atomic E-state index is -1.80. The first-order valence-electron chi connectivity index (χ1n) is 33.1. The third-order valence-corrected chi connectivity index (χ3v) is 87.8. The number of hydrogen-bond donors (Lipinski definition) is 0. The largest absolute Gasteiger partial charge is 0.138 e. The number of methoxy groups -OCH3 is 1. The molecule has 3 aromatic rings. The van der Waals surface area contributed by atoms with Gasteiger partial charge in [0.15, 0.2) is 11.1 Å². The molecule has 14 heteroatoms. The summed E-state index contributed by atoms with van der Waals surface area (Å²) in [4.78, 5) is 11.6. The average Bonchev–Trinajstić information content (AvgIpc) is 3.29. The van der Waals surface area contributed by atoms with Gasteiger partial charge in [-0.25, -0.2) is 4.79 Å². The fourth-order valence-corrected chi connectivity index (χ4v) is 82.8. The summed E-state index contributed by atoms with van der Waals surface area (Å²) in [5.41, 5.74) is 58.6. The van der Waals surface area contributed by atoms with E-state index in [1.54, 1.807) is 82.7 Å². The Hall–Kier alpha value is 2.30. The van der Waals surface area contributed by atoms with Crippen LogP contribution in [0, 0.1) is 55.4 Å². The molecule has 528 valence electrons. The van der Waals surface area contributed by atoms with Gasteiger partial charge in [0.05, 0.1) is 87.1 Å². The summed E-state index contributed by atoms with van der Waals surface area (Å²) in [6.07, 6.45) is 1.80. The molecule has 0 fully saturated rings. The normalized spacial score (nSPS) is 14.3. The molecule has 0 aliphatic rings. The number of rotatable bonds is 11. The van der Waals surface area contributed by atoms with Gasteiger partial charge >= 0.3 is 288 Å². The van der Waals surface area contributed by atoms with E-state index in [0.29, 0.717) is 10.6 Å². The first kappa shape index (κ1) is 99.0. The molecule has 0 N–H and O–H groups in total. The zero-order chi connectivity index (χ0) is 72.9. The van der Waals surface area contributed by atoms with Crippen LogP contribution in [-0.4, -0.2) is 206 Å². The quantitative estimate of drug-likeness (QED) is 0.0829. The van der Waals surface area contributed by atoms with Gasteiger partial charge < -0.3 is 4.74 Å². The van der Waals surface area contributed by atoms with Crippen molar-refractivity contribution in [2.75, 3.05) is 114 Å². The molecule has 3 nitrogen and oxygen atoms in total. The summed E-state index contributed by atoms with van der Waals surface area (Å²) in [5.74, 6) is -0.312. The maximum absolute atomic E-state index is 11.0. The van der Waals surface area contributed by atoms with Crippen molar-refractivity contribution < 1.29 is 14.1 Å². The van der Waals surface area contributed by atoms with E-state index in [0.717, 1.165) is 2.99 Å². The van der Waals surface area contributed by atoms with Crippen molar-refractivity contribution in [1.29, 1.82) is 0 Å². The third kappa shape index (κ3) is 32.8. The van der Waals surface area contributed by atoms with Crippen molar-refractivity contribution in [2.24, 2.45) is 7.05 Å². The smallest absolute Gasteiger partial charge is 0.0408 e. The number of carbonyl (C=O) groups excluding carboxylic acids is 1. The fraction of sp³-hybridized carbons (Fsp3) is 0.730. The van der Waals surface area contributed by atoms with Crippen LogP contribution in [-0.2, 0) is 11.8 Å². The summed E-state index contributed by atoms with van der Waals surface area (Å²) >= 11 is -9.44. The van der Waals surface area contributed by atoms with Crippen molar-refractivity contribution in [3.63, 3.8) is 0 Å². The van der Waals surface area contributed by atoms with Crippen molar-refractivity contribution in [3.05, 3.63) is 83.3 Å². The van der Waals surface area contributed by atoms with Crippen LogP contribution in [0.1, 0.15) is 110 Å². The van der Waals surface area contributed by atoms with E-state index >= 15 is 0 Å². The number of pyridine rings is 1. The van der Waals surface area contributed by atoms with E-state index in [4.69, 9.17) is 0 Å². The van der Waals surface area contributed by atoms with Gasteiger partial charge in [0.2, 0.25) is 0 Å². The molecule has 0 spiro atoms. The zero-order valence-electron chi connectivity index (χ0n) is 69.8. The SMILES string of the molecule is C/C(=C(\C)[AsH](C)(C)C)[AsH](C)(C)C.CC.CC(C)([AsH](C)(C)C)[AsH](C)(C)C.CC(C)([P+](C)(C)C)[P+](C)(C)C.COC(=O)c1cccc[n+]1C.C[P+](C)(C)C.Cc1c(C)c(C)c([AsH](C)(C)C)c([AsH](C)(C)C)c1C.Cc1c(C)c(C)c([P+](C)(C)C)c([P+](C)(C)C)c1C. The van der Waals surface area contributed by atoms with Gasteiger partial charge in [-0.05, 0) is 56.0 Å². The molecule has 0 saturated carbocycles. The van der Waals surface area contributed by atoms with Crippen molar-refractivity contribution in [3.8, 4) is 0 Å². The molecule has 0 aliphatic carbocycles. The van der Waals surface area contributed by atoms with Crippen LogP contribution in [0.3, 0.4) is 0 Å². The van der Waals surface area contributed by atoms with E-state index in [9.17, 15) is 4.79 Å². The second kappa shape index (κ2) is 37.5. The first-order valence-corrected chi connectivity index (χ1v) is 93.2. The number of esters is 1. The van der Waals surface area contributed by atoms with Crippen LogP contribution in [0.25, 0.3) is 0 Å². The maximum Gasteiger partial charge on any atom is 0.138 e. The maximum atomic E-state index is 11.0. The molecule has 0 radical (unpaired) electrons. The van der Waals surface area contributed by atoms with E-state index in [2.05, 4.69) is 311 Å². The Kier molecular flexibility index (Phi) is 42.2. The van der Waals surface area contributed by atoms with Crippen LogP contribution in [0.2, 0.25) is 106 Å². The fourth-order valence-electron chi connectivity index (χ4n) is 10.1. The summed E-state index contributed by atoms with van der Waals surface area (Å²) in [5, 5.41) is 3.42. The number of aryl methyl sites for hydroxylation is 1. The van der Waals surface area contributed by atoms with E-state index in [-0.39, 0.29) is 13.2 Å². The number of nitrogens with zero attached hydrogens (tertiary/aromatic N) is 1. The molecule has 0 amide bonds. The number of carbonyl (C=O) groups is 1. The summed E-state index contributed by atoms with van der Waals surface area (Å²) in [7, 11) is -0.574. The van der Waals surface area contributed by atoms with Crippen molar-refractivity contribution in [2.45, 2.75) is 221 Å². The molecular weight excluding hydrogens is 1540 g/mol. The monoisotopic (exact) mass is 1710 g/mol. The van der Waals surface area contributed by atoms with Crippen LogP contribution < -0.4 is 23.9 Å². The molecule has 0 saturated heterocycles. The molecule has 1 aromatic heterocycles. The Bertz CT molecular complexity index is 2410. The van der Waals surface area contributed by atoms with Crippen LogP contribution >= 0.6 is 36.3 Å². The third-order valence-electron chi connectivity index (χ3n) is 19.4. The molecular formula is C74H166As6NO2P5+6. The molecule has 2 aromatic carbocycles. The minimum absolute atomic E-state index is 0.312. The molecule has 1 heterocycles. The number of allylic oxidation sites excluding steroid dienone is 2. The number of aromatic nitrogens is 1. The van der Waals surface area contributed by atoms with Gasteiger partial charge in [0.1, 0.15) is 17.7 Å². The molecule has 88 heavy (non-hydrogen) atoms. The molecule has 0 bridgehead atoms. The Morgan fingerprint density at radius 2 is 0.670 bits per heavy atom. The molecule has 0 unspecified atom stereocenters. The predicted octanol–water partition coefficient (Wildman–Crippen LogP) is 20.8. The average molecular weight is 1710 g/mol. The van der Waals surface area contributed by atoms with Crippen LogP contribution in [0.4, 0.5) is 0 Å². The number of benzene rings is 2. The van der Waals surface area contributed by atoms with Crippen LogP contribution in [0.15, 0.2) is 33.1 Å². The van der Waals surface area contributed by atoms with Gasteiger partial charge in [0, 0.05) is 89.0 Å². The minimum Gasteiger partial charge on any atom is -0.0408 e. The Morgan fingerprint density at radius 1 is 0.432 bits per heavy atom. The number of ether oxygens (including phenoxy) is 1. The van der Waals surface area contributed by atoms with Crippen molar-refractivity contribution >= 4 is 143 Å². The molecule has 0 atom stereocenters. The van der Waals surface area contributed by atoms with Gasteiger partial charge in [0.25, 0.3) is 5.69 Å². The van der Waals surface area contributed by atoms with Crippen LogP contribution in [0.5, 0.6) is 0 Å². The van der Waals surface area contributed by atoms with Gasteiger partial charge in [-0.1, -0.05) is 13.8 Å². The van der Waals surface area contributed by atoms with E-state index < -0.39 is 110 Å². The van der Waals surface area contributed by atoms with Gasteiger partial charge in [-0.15, -0.1) is 0 Å². The summed E-state index contributed by atoms with van der Waals surface area (Å²) in [6, 6.07) is 5.37. The Balaban J connectivity index is -0.000000310. The van der Waals surface area contributed by atoms with E-state index in [1.807, 2.05) is 28.6 Å². The molecule has 0 aliphatic heterocycles. The topological polar surface area (TPSA) is 30.2 Å². The van der Waals surface area contributed by atoms with Gasteiger partial charge in [-0.3, -0.25) is 0 Å². The van der Waals surface area contributed by atoms with Gasteiger partial charge in [-0.2, -0.15) is 4.57 Å². The Labute approximate surface area is 576 Å². The summed E-state index contributed by atoms with van der Waals surface area (Å²) in [6.45, 7) is 76.0. The molecule has 3 rings (SSSR count). The second-order valence-corrected chi connectivity index (χ2v) is 132. The van der Waals surface area contributed by atoms with E-state index in [1.165, 1.54) is 18.2 Å². The zero-order valence-corrected chi connectivity index (χ0v) is 86.9. The van der Waals surface area contributed by atoms with Crippen molar-refractivity contribution in [1.82, 2.24) is 0 Å². The standard InChI is InChI=1S/C16H32As2.C16H30P2.C10H26As2.C9H26As2.C9H24P2.C8H10NO2.C4H12P.C2H6/c2*1-11-12(2)14(4)16(18(8,9)10)15(13(11)3)17(5,6)7;1-9(11(3,4)5)10(2)12(6,7)8;2*1-9(2,10(3,4)5)11(6,7)8;1-9-6-4-3-5-7(9)8(10)11-2;1-5(2,3)4;1-2/h17-18H,1-10H3;1-10H3;11-12H,1-8H3;10-11H,1-8H3;1-8H3;3-6H,1-2H3;1-4H3;1-2H3/q;+2;;;+2;2*+1;/b;;10-9-;;;;;. The number of hydrogen-bond acceptors (Lipinski definition) is 2. The summed E-state index contributed by atoms with van der Waals surface area (Å²) < 4.78 is 14.3. The second-order valence-electron chi connectivity index (χ2n) is 37.2.